The molecule has 5 nitrogen and oxygen atoms in total. The van der Waals surface area contributed by atoms with Crippen molar-refractivity contribution in [2.75, 3.05) is 40.4 Å². The molecular formula is C7H17N3O2. The molecule has 0 aliphatic rings. The molecule has 0 aliphatic heterocycles. The molecule has 0 aliphatic carbocycles. The minimum absolute atomic E-state index is 0.105. The topological polar surface area (TPSA) is 67.6 Å². The second-order valence-corrected chi connectivity index (χ2v) is 2.53. The number of rotatable bonds is 5. The Hall–Kier alpha value is -0.810. The molecule has 0 unspecified atom stereocenters. The van der Waals surface area contributed by atoms with Crippen LogP contribution in [0.1, 0.15) is 0 Å². The third-order valence-electron chi connectivity index (χ3n) is 1.19. The zero-order valence-electron chi connectivity index (χ0n) is 7.67. The van der Waals surface area contributed by atoms with E-state index in [1.807, 2.05) is 0 Å². The summed E-state index contributed by atoms with van der Waals surface area (Å²) in [6.45, 7) is 2.09. The van der Waals surface area contributed by atoms with Crippen LogP contribution in [0.3, 0.4) is 0 Å². The molecule has 3 N–H and O–H groups in total. The fourth-order valence-electron chi connectivity index (χ4n) is 0.574. The van der Waals surface area contributed by atoms with Crippen molar-refractivity contribution in [1.82, 2.24) is 10.2 Å². The number of hydrogen-bond donors (Lipinski definition) is 2. The molecule has 0 fully saturated rings. The zero-order chi connectivity index (χ0) is 9.40. The van der Waals surface area contributed by atoms with Gasteiger partial charge in [-0.1, -0.05) is 0 Å². The number of hydrogen-bond acceptors (Lipinski definition) is 3. The molecule has 0 spiro atoms. The van der Waals surface area contributed by atoms with Gasteiger partial charge in [0.2, 0.25) is 0 Å². The van der Waals surface area contributed by atoms with Crippen molar-refractivity contribution >= 4 is 6.03 Å². The van der Waals surface area contributed by atoms with Gasteiger partial charge in [0.15, 0.2) is 0 Å². The van der Waals surface area contributed by atoms with E-state index in [4.69, 9.17) is 10.5 Å². The van der Waals surface area contributed by atoms with Crippen LogP contribution in [-0.4, -0.2) is 51.3 Å². The van der Waals surface area contributed by atoms with Crippen LogP contribution in [-0.2, 0) is 4.74 Å². The van der Waals surface area contributed by atoms with Crippen LogP contribution in [0.4, 0.5) is 4.79 Å². The lowest BCUT2D eigenvalue weighted by molar-refractivity contribution is 0.142. The van der Waals surface area contributed by atoms with E-state index in [2.05, 4.69) is 5.32 Å². The van der Waals surface area contributed by atoms with Crippen LogP contribution in [0.5, 0.6) is 0 Å². The third kappa shape index (κ3) is 5.94. The van der Waals surface area contributed by atoms with Crippen molar-refractivity contribution in [3.8, 4) is 0 Å². The number of amides is 2. The van der Waals surface area contributed by atoms with E-state index in [9.17, 15) is 4.79 Å². The first kappa shape index (κ1) is 11.2. The maximum atomic E-state index is 10.9. The molecular weight excluding hydrogens is 158 g/mol. The second kappa shape index (κ2) is 6.87. The highest BCUT2D eigenvalue weighted by molar-refractivity contribution is 5.73. The highest BCUT2D eigenvalue weighted by atomic mass is 16.5. The van der Waals surface area contributed by atoms with E-state index in [-0.39, 0.29) is 6.03 Å². The lowest BCUT2D eigenvalue weighted by Gasteiger charge is -2.11. The Kier molecular flexibility index (Phi) is 6.41. The summed E-state index contributed by atoms with van der Waals surface area (Å²) in [4.78, 5) is 12.4. The van der Waals surface area contributed by atoms with E-state index in [0.717, 1.165) is 0 Å². The average Bonchev–Trinajstić information content (AvgIpc) is 2.03. The molecule has 72 valence electrons. The van der Waals surface area contributed by atoms with Gasteiger partial charge in [0, 0.05) is 27.2 Å². The van der Waals surface area contributed by atoms with Gasteiger partial charge in [-0.3, -0.25) is 0 Å². The molecule has 0 heterocycles. The van der Waals surface area contributed by atoms with Crippen molar-refractivity contribution in [1.29, 1.82) is 0 Å². The highest BCUT2D eigenvalue weighted by Crippen LogP contribution is 1.76. The minimum atomic E-state index is -0.105. The van der Waals surface area contributed by atoms with Gasteiger partial charge in [-0.05, 0) is 0 Å². The Morgan fingerprint density at radius 1 is 1.50 bits per heavy atom. The first-order chi connectivity index (χ1) is 5.68. The lowest BCUT2D eigenvalue weighted by Crippen LogP contribution is -2.36. The summed E-state index contributed by atoms with van der Waals surface area (Å²) in [7, 11) is 3.38. The van der Waals surface area contributed by atoms with Crippen molar-refractivity contribution in [3.05, 3.63) is 0 Å². The molecule has 0 aromatic carbocycles. The first-order valence-electron chi connectivity index (χ1n) is 3.91. The largest absolute Gasteiger partial charge is 0.378 e. The van der Waals surface area contributed by atoms with Gasteiger partial charge < -0.3 is 20.7 Å². The Labute approximate surface area is 72.9 Å². The number of urea groups is 1. The Balaban J connectivity index is 3.14. The summed E-state index contributed by atoms with van der Waals surface area (Å²) in [6, 6.07) is -0.105. The van der Waals surface area contributed by atoms with Crippen molar-refractivity contribution in [2.45, 2.75) is 0 Å². The van der Waals surface area contributed by atoms with E-state index in [1.54, 1.807) is 14.1 Å². The third-order valence-corrected chi connectivity index (χ3v) is 1.19. The average molecular weight is 175 g/mol. The maximum Gasteiger partial charge on any atom is 0.316 e. The van der Waals surface area contributed by atoms with Crippen LogP contribution in [0.2, 0.25) is 0 Å². The van der Waals surface area contributed by atoms with Gasteiger partial charge in [-0.25, -0.2) is 4.79 Å². The number of carbonyl (C=O) groups excluding carboxylic acids is 1. The molecule has 0 saturated heterocycles. The molecule has 0 aromatic rings. The van der Waals surface area contributed by atoms with Crippen molar-refractivity contribution in [2.24, 2.45) is 5.73 Å². The van der Waals surface area contributed by atoms with E-state index < -0.39 is 0 Å². The number of nitrogens with two attached hydrogens (primary N) is 1. The minimum Gasteiger partial charge on any atom is -0.378 e. The molecule has 2 amide bonds. The molecule has 0 radical (unpaired) electrons. The zero-order valence-corrected chi connectivity index (χ0v) is 7.67. The Bertz CT molecular complexity index is 128. The van der Waals surface area contributed by atoms with E-state index in [0.29, 0.717) is 26.3 Å². The SMILES string of the molecule is CN(C)C(=O)NCCOCCN. The van der Waals surface area contributed by atoms with Gasteiger partial charge >= 0.3 is 6.03 Å². The van der Waals surface area contributed by atoms with E-state index >= 15 is 0 Å². The monoisotopic (exact) mass is 175 g/mol. The van der Waals surface area contributed by atoms with E-state index in [1.165, 1.54) is 4.90 Å². The molecule has 0 atom stereocenters. The van der Waals surface area contributed by atoms with Crippen LogP contribution in [0.25, 0.3) is 0 Å². The molecule has 5 heteroatoms. The molecule has 0 bridgehead atoms. The maximum absolute atomic E-state index is 10.9. The molecule has 12 heavy (non-hydrogen) atoms. The fraction of sp³-hybridized carbons (Fsp3) is 0.857. The lowest BCUT2D eigenvalue weighted by atomic mass is 10.6. The second-order valence-electron chi connectivity index (χ2n) is 2.53. The van der Waals surface area contributed by atoms with Gasteiger partial charge in [0.05, 0.1) is 13.2 Å². The number of nitrogens with one attached hydrogen (secondary N) is 1. The van der Waals surface area contributed by atoms with Crippen LogP contribution in [0.15, 0.2) is 0 Å². The standard InChI is InChI=1S/C7H17N3O2/c1-10(2)7(11)9-4-6-12-5-3-8/h3-6,8H2,1-2H3,(H,9,11). The van der Waals surface area contributed by atoms with Gasteiger partial charge in [-0.15, -0.1) is 0 Å². The van der Waals surface area contributed by atoms with Crippen LogP contribution in [0, 0.1) is 0 Å². The van der Waals surface area contributed by atoms with Crippen LogP contribution < -0.4 is 11.1 Å². The normalized spacial score (nSPS) is 9.58. The summed E-state index contributed by atoms with van der Waals surface area (Å²) in [5.74, 6) is 0. The van der Waals surface area contributed by atoms with Gasteiger partial charge in [0.1, 0.15) is 0 Å². The Morgan fingerprint density at radius 3 is 2.67 bits per heavy atom. The molecule has 0 rings (SSSR count). The van der Waals surface area contributed by atoms with Gasteiger partial charge in [-0.2, -0.15) is 0 Å². The molecule has 0 saturated carbocycles. The molecule has 0 aromatic heterocycles. The summed E-state index contributed by atoms with van der Waals surface area (Å²) in [5.41, 5.74) is 5.20. The predicted octanol–water partition coefficient (Wildman–Crippen LogP) is -0.767. The predicted molar refractivity (Wildman–Crippen MR) is 47.0 cm³/mol. The number of nitrogens with zero attached hydrogens (tertiary/aromatic N) is 1. The summed E-state index contributed by atoms with van der Waals surface area (Å²) in [5, 5.41) is 2.66. The van der Waals surface area contributed by atoms with Crippen molar-refractivity contribution in [3.63, 3.8) is 0 Å². The summed E-state index contributed by atoms with van der Waals surface area (Å²) in [6.07, 6.45) is 0. The number of ether oxygens (including phenoxy) is 1. The number of carbonyl (C=O) groups is 1. The first-order valence-corrected chi connectivity index (χ1v) is 3.91. The van der Waals surface area contributed by atoms with Crippen molar-refractivity contribution < 1.29 is 9.53 Å². The highest BCUT2D eigenvalue weighted by Gasteiger charge is 1.99. The smallest absolute Gasteiger partial charge is 0.316 e. The van der Waals surface area contributed by atoms with Gasteiger partial charge in [0.25, 0.3) is 0 Å². The summed E-state index contributed by atoms with van der Waals surface area (Å²) >= 11 is 0. The fourth-order valence-corrected chi connectivity index (χ4v) is 0.574. The van der Waals surface area contributed by atoms with Crippen LogP contribution >= 0.6 is 0 Å². The quantitative estimate of drug-likeness (QED) is 0.539. The Morgan fingerprint density at radius 2 is 2.17 bits per heavy atom. The summed E-state index contributed by atoms with van der Waals surface area (Å²) < 4.78 is 5.05.